The van der Waals surface area contributed by atoms with Crippen molar-refractivity contribution in [3.8, 4) is 0 Å². The number of hydrogen-bond acceptors (Lipinski definition) is 1. The molecule has 0 saturated heterocycles. The van der Waals surface area contributed by atoms with E-state index in [4.69, 9.17) is 11.6 Å². The summed E-state index contributed by atoms with van der Waals surface area (Å²) in [7, 11) is 0. The summed E-state index contributed by atoms with van der Waals surface area (Å²) in [5.41, 5.74) is 1.58. The summed E-state index contributed by atoms with van der Waals surface area (Å²) in [5, 5.41) is 3.43. The molecule has 0 spiro atoms. The lowest BCUT2D eigenvalue weighted by atomic mass is 9.84. The molecule has 0 aliphatic carbocycles. The van der Waals surface area contributed by atoms with E-state index >= 15 is 0 Å². The largest absolute Gasteiger partial charge is 0.351 e. The number of halogens is 1. The van der Waals surface area contributed by atoms with Gasteiger partial charge in [0.15, 0.2) is 0 Å². The zero-order chi connectivity index (χ0) is 14.6. The molecule has 2 rings (SSSR count). The zero-order valence-corrected chi connectivity index (χ0v) is 12.4. The first kappa shape index (κ1) is 14.6. The highest BCUT2D eigenvalue weighted by Gasteiger charge is 2.21. The normalized spacial score (nSPS) is 11.2. The monoisotopic (exact) mass is 287 g/mol. The van der Waals surface area contributed by atoms with Crippen LogP contribution in [0, 0.1) is 0 Å². The van der Waals surface area contributed by atoms with Crippen molar-refractivity contribution < 1.29 is 4.79 Å². The quantitative estimate of drug-likeness (QED) is 0.903. The van der Waals surface area contributed by atoms with Gasteiger partial charge in [-0.2, -0.15) is 0 Å². The molecule has 2 aromatic carbocycles. The van der Waals surface area contributed by atoms with Gasteiger partial charge in [-0.05, 0) is 17.7 Å². The molecule has 0 fully saturated rings. The molecule has 0 saturated carbocycles. The maximum absolute atomic E-state index is 12.1. The van der Waals surface area contributed by atoms with Gasteiger partial charge in [-0.1, -0.05) is 67.9 Å². The van der Waals surface area contributed by atoms with Gasteiger partial charge >= 0.3 is 0 Å². The Morgan fingerprint density at radius 2 is 1.65 bits per heavy atom. The topological polar surface area (TPSA) is 29.1 Å². The molecule has 1 N–H and O–H groups in total. The lowest BCUT2D eigenvalue weighted by Crippen LogP contribution is -2.36. The molecule has 0 aliphatic heterocycles. The maximum Gasteiger partial charge on any atom is 0.252 e. The molecular weight excluding hydrogens is 270 g/mol. The van der Waals surface area contributed by atoms with Crippen LogP contribution in [0.4, 0.5) is 0 Å². The second-order valence-electron chi connectivity index (χ2n) is 5.41. The molecule has 1 amide bonds. The van der Waals surface area contributed by atoms with Crippen molar-refractivity contribution >= 4 is 17.5 Å². The first-order valence-electron chi connectivity index (χ1n) is 6.59. The molecule has 3 heteroatoms. The van der Waals surface area contributed by atoms with Crippen LogP contribution < -0.4 is 5.32 Å². The molecule has 104 valence electrons. The second-order valence-corrected chi connectivity index (χ2v) is 5.82. The van der Waals surface area contributed by atoms with Crippen molar-refractivity contribution in [3.05, 3.63) is 70.7 Å². The number of amides is 1. The molecule has 0 heterocycles. The minimum Gasteiger partial charge on any atom is -0.351 e. The van der Waals surface area contributed by atoms with Crippen molar-refractivity contribution in [1.82, 2.24) is 5.32 Å². The van der Waals surface area contributed by atoms with Gasteiger partial charge in [0.2, 0.25) is 0 Å². The molecular formula is C17H18ClNO. The fourth-order valence-electron chi connectivity index (χ4n) is 2.03. The Morgan fingerprint density at radius 3 is 2.30 bits per heavy atom. The van der Waals surface area contributed by atoms with Gasteiger partial charge in [0, 0.05) is 12.0 Å². The fourth-order valence-corrected chi connectivity index (χ4v) is 2.25. The molecule has 0 bridgehead atoms. The minimum absolute atomic E-state index is 0.127. The third-order valence-electron chi connectivity index (χ3n) is 3.36. The Balaban J connectivity index is 2.05. The maximum atomic E-state index is 12.1. The Kier molecular flexibility index (Phi) is 4.46. The third-order valence-corrected chi connectivity index (χ3v) is 3.69. The molecule has 20 heavy (non-hydrogen) atoms. The molecule has 0 radical (unpaired) electrons. The number of rotatable bonds is 4. The van der Waals surface area contributed by atoms with Gasteiger partial charge < -0.3 is 5.32 Å². The molecule has 2 aromatic rings. The second kappa shape index (κ2) is 6.10. The van der Waals surface area contributed by atoms with Crippen LogP contribution in [0.1, 0.15) is 29.8 Å². The molecule has 0 aromatic heterocycles. The van der Waals surface area contributed by atoms with Gasteiger partial charge in [0.1, 0.15) is 0 Å². The van der Waals surface area contributed by atoms with Crippen LogP contribution in [0.15, 0.2) is 54.6 Å². The van der Waals surface area contributed by atoms with Crippen LogP contribution in [-0.2, 0) is 5.41 Å². The van der Waals surface area contributed by atoms with Crippen LogP contribution in [-0.4, -0.2) is 12.5 Å². The standard InChI is InChI=1S/C17H18ClNO/c1-17(2,13-8-4-3-5-9-13)12-19-16(20)14-10-6-7-11-15(14)18/h3-11H,12H2,1-2H3,(H,19,20). The first-order valence-corrected chi connectivity index (χ1v) is 6.97. The lowest BCUT2D eigenvalue weighted by molar-refractivity contribution is 0.0946. The van der Waals surface area contributed by atoms with E-state index in [-0.39, 0.29) is 11.3 Å². The van der Waals surface area contributed by atoms with Crippen LogP contribution in [0.25, 0.3) is 0 Å². The van der Waals surface area contributed by atoms with Gasteiger partial charge in [-0.3, -0.25) is 4.79 Å². The van der Waals surface area contributed by atoms with Crippen molar-refractivity contribution in [3.63, 3.8) is 0 Å². The van der Waals surface area contributed by atoms with Crippen molar-refractivity contribution in [2.75, 3.05) is 6.54 Å². The summed E-state index contributed by atoms with van der Waals surface area (Å²) in [4.78, 5) is 12.1. The van der Waals surface area contributed by atoms with Gasteiger partial charge in [-0.25, -0.2) is 0 Å². The average molecular weight is 288 g/mol. The number of nitrogens with one attached hydrogen (secondary N) is 1. The Morgan fingerprint density at radius 1 is 1.05 bits per heavy atom. The predicted molar refractivity (Wildman–Crippen MR) is 83.3 cm³/mol. The molecule has 0 aliphatic rings. The summed E-state index contributed by atoms with van der Waals surface area (Å²) in [6, 6.07) is 17.2. The van der Waals surface area contributed by atoms with Gasteiger partial charge in [0.05, 0.1) is 10.6 Å². The number of carbonyl (C=O) groups is 1. The highest BCUT2D eigenvalue weighted by atomic mass is 35.5. The summed E-state index contributed by atoms with van der Waals surface area (Å²) >= 11 is 6.03. The Bertz CT molecular complexity index is 593. The minimum atomic E-state index is -0.139. The van der Waals surface area contributed by atoms with E-state index in [1.165, 1.54) is 5.56 Å². The van der Waals surface area contributed by atoms with E-state index in [9.17, 15) is 4.79 Å². The first-order chi connectivity index (χ1) is 9.50. The van der Waals surface area contributed by atoms with Gasteiger partial charge in [-0.15, -0.1) is 0 Å². The molecule has 0 atom stereocenters. The third kappa shape index (κ3) is 3.40. The summed E-state index contributed by atoms with van der Waals surface area (Å²) < 4.78 is 0. The summed E-state index contributed by atoms with van der Waals surface area (Å²) in [5.74, 6) is -0.139. The Labute approximate surface area is 124 Å². The van der Waals surface area contributed by atoms with Crippen molar-refractivity contribution in [2.45, 2.75) is 19.3 Å². The summed E-state index contributed by atoms with van der Waals surface area (Å²) in [6.45, 7) is 4.77. The van der Waals surface area contributed by atoms with Crippen molar-refractivity contribution in [1.29, 1.82) is 0 Å². The number of carbonyl (C=O) groups excluding carboxylic acids is 1. The van der Waals surface area contributed by atoms with Crippen LogP contribution in [0.3, 0.4) is 0 Å². The van der Waals surface area contributed by atoms with E-state index in [0.717, 1.165) is 0 Å². The summed E-state index contributed by atoms with van der Waals surface area (Å²) in [6.07, 6.45) is 0. The van der Waals surface area contributed by atoms with Crippen molar-refractivity contribution in [2.24, 2.45) is 0 Å². The highest BCUT2D eigenvalue weighted by molar-refractivity contribution is 6.33. The van der Waals surface area contributed by atoms with Crippen LogP contribution in [0.2, 0.25) is 5.02 Å². The molecule has 2 nitrogen and oxygen atoms in total. The SMILES string of the molecule is CC(C)(CNC(=O)c1ccccc1Cl)c1ccccc1. The van der Waals surface area contributed by atoms with E-state index in [2.05, 4.69) is 31.3 Å². The number of hydrogen-bond donors (Lipinski definition) is 1. The van der Waals surface area contributed by atoms with E-state index in [0.29, 0.717) is 17.1 Å². The average Bonchev–Trinajstić information content (AvgIpc) is 2.46. The van der Waals surface area contributed by atoms with Gasteiger partial charge in [0.25, 0.3) is 5.91 Å². The van der Waals surface area contributed by atoms with Crippen LogP contribution >= 0.6 is 11.6 Å². The van der Waals surface area contributed by atoms with Crippen LogP contribution in [0.5, 0.6) is 0 Å². The fraction of sp³-hybridized carbons (Fsp3) is 0.235. The number of benzene rings is 2. The Hall–Kier alpha value is -1.80. The smallest absolute Gasteiger partial charge is 0.252 e. The van der Waals surface area contributed by atoms with E-state index in [1.54, 1.807) is 12.1 Å². The lowest BCUT2D eigenvalue weighted by Gasteiger charge is -2.25. The van der Waals surface area contributed by atoms with E-state index < -0.39 is 0 Å². The molecule has 0 unspecified atom stereocenters. The van der Waals surface area contributed by atoms with E-state index in [1.807, 2.05) is 30.3 Å². The predicted octanol–water partition coefficient (Wildman–Crippen LogP) is 4.05. The highest BCUT2D eigenvalue weighted by Crippen LogP contribution is 2.22. The zero-order valence-electron chi connectivity index (χ0n) is 11.7.